The number of rotatable bonds is 3. The van der Waals surface area contributed by atoms with Gasteiger partial charge in [-0.3, -0.25) is 0 Å². The average molecular weight is 248 g/mol. The molecule has 17 heavy (non-hydrogen) atoms. The Morgan fingerprint density at radius 2 is 2.06 bits per heavy atom. The van der Waals surface area contributed by atoms with Gasteiger partial charge in [0.2, 0.25) is 0 Å². The van der Waals surface area contributed by atoms with E-state index >= 15 is 0 Å². The third-order valence-corrected chi connectivity index (χ3v) is 3.94. The maximum atomic E-state index is 6.05. The van der Waals surface area contributed by atoms with Gasteiger partial charge in [-0.25, -0.2) is 4.98 Å². The number of thiazole rings is 1. The molecule has 92 valence electrons. The summed E-state index contributed by atoms with van der Waals surface area (Å²) in [6, 6.07) is 6.48. The van der Waals surface area contributed by atoms with E-state index in [2.05, 4.69) is 50.9 Å². The van der Waals surface area contributed by atoms with Crippen molar-refractivity contribution in [2.45, 2.75) is 45.6 Å². The molecule has 0 atom stereocenters. The first-order valence-electron chi connectivity index (χ1n) is 6.03. The van der Waals surface area contributed by atoms with E-state index in [0.29, 0.717) is 5.92 Å². The Kier molecular flexibility index (Phi) is 3.23. The van der Waals surface area contributed by atoms with Crippen LogP contribution >= 0.6 is 11.3 Å². The quantitative estimate of drug-likeness (QED) is 0.899. The van der Waals surface area contributed by atoms with Gasteiger partial charge in [0.25, 0.3) is 0 Å². The molecule has 2 N–H and O–H groups in total. The molecule has 1 aromatic carbocycles. The lowest BCUT2D eigenvalue weighted by molar-refractivity contribution is 0.517. The molecule has 2 aromatic rings. The smallest absolute Gasteiger partial charge is 0.0963 e. The Morgan fingerprint density at radius 3 is 2.65 bits per heavy atom. The molecule has 0 unspecified atom stereocenters. The molecule has 0 amide bonds. The first-order chi connectivity index (χ1) is 7.85. The highest BCUT2D eigenvalue weighted by atomic mass is 32.1. The number of benzene rings is 1. The van der Waals surface area contributed by atoms with E-state index in [9.17, 15) is 0 Å². The lowest BCUT2D eigenvalue weighted by Gasteiger charge is -2.18. The number of aromatic nitrogens is 1. The Bertz CT molecular complexity index is 520. The number of fused-ring (bicyclic) bond motifs is 1. The zero-order chi connectivity index (χ0) is 12.6. The fraction of sp³-hybridized carbons (Fsp3) is 0.500. The Labute approximate surface area is 107 Å². The molecule has 0 fully saturated rings. The van der Waals surface area contributed by atoms with Crippen LogP contribution in [0.1, 0.15) is 44.2 Å². The van der Waals surface area contributed by atoms with Gasteiger partial charge in [0, 0.05) is 11.5 Å². The van der Waals surface area contributed by atoms with Crippen LogP contribution in [-0.2, 0) is 6.42 Å². The van der Waals surface area contributed by atoms with Crippen molar-refractivity contribution in [3.05, 3.63) is 28.8 Å². The summed E-state index contributed by atoms with van der Waals surface area (Å²) in [5.74, 6) is 0.502. The third kappa shape index (κ3) is 3.05. The van der Waals surface area contributed by atoms with Crippen molar-refractivity contribution in [3.8, 4) is 0 Å². The van der Waals surface area contributed by atoms with Crippen LogP contribution in [0.2, 0.25) is 0 Å². The van der Waals surface area contributed by atoms with Gasteiger partial charge >= 0.3 is 0 Å². The van der Waals surface area contributed by atoms with E-state index in [1.807, 2.05) is 0 Å². The molecule has 1 heterocycles. The topological polar surface area (TPSA) is 38.9 Å². The summed E-state index contributed by atoms with van der Waals surface area (Å²) in [6.45, 7) is 8.48. The highest BCUT2D eigenvalue weighted by molar-refractivity contribution is 7.18. The first kappa shape index (κ1) is 12.5. The summed E-state index contributed by atoms with van der Waals surface area (Å²) < 4.78 is 1.27. The van der Waals surface area contributed by atoms with Gasteiger partial charge in [-0.05, 0) is 38.0 Å². The molecule has 0 aliphatic rings. The molecule has 0 aliphatic heterocycles. The Morgan fingerprint density at radius 1 is 1.35 bits per heavy atom. The first-order valence-corrected chi connectivity index (χ1v) is 6.85. The minimum absolute atomic E-state index is 0.154. The van der Waals surface area contributed by atoms with E-state index in [0.717, 1.165) is 11.9 Å². The summed E-state index contributed by atoms with van der Waals surface area (Å²) in [5, 5.41) is 1.21. The van der Waals surface area contributed by atoms with Crippen LogP contribution in [0.3, 0.4) is 0 Å². The van der Waals surface area contributed by atoms with Crippen LogP contribution < -0.4 is 5.73 Å². The predicted octanol–water partition coefficient (Wildman–Crippen LogP) is 3.70. The van der Waals surface area contributed by atoms with Gasteiger partial charge in [0.15, 0.2) is 0 Å². The summed E-state index contributed by atoms with van der Waals surface area (Å²) in [6.07, 6.45) is 0.901. The molecule has 0 bridgehead atoms. The second kappa shape index (κ2) is 4.39. The number of hydrogen-bond donors (Lipinski definition) is 1. The average Bonchev–Trinajstić information content (AvgIpc) is 2.57. The van der Waals surface area contributed by atoms with Crippen LogP contribution in [0.25, 0.3) is 10.2 Å². The van der Waals surface area contributed by atoms with Gasteiger partial charge in [-0.1, -0.05) is 19.9 Å². The molecule has 3 heteroatoms. The summed E-state index contributed by atoms with van der Waals surface area (Å²) in [4.78, 5) is 4.64. The molecule has 0 spiro atoms. The minimum atomic E-state index is -0.154. The normalized spacial score (nSPS) is 12.6. The fourth-order valence-electron chi connectivity index (χ4n) is 1.87. The van der Waals surface area contributed by atoms with Gasteiger partial charge in [0.05, 0.1) is 15.2 Å². The van der Waals surface area contributed by atoms with Gasteiger partial charge in [-0.15, -0.1) is 11.3 Å². The van der Waals surface area contributed by atoms with Crippen LogP contribution in [0.5, 0.6) is 0 Å². The van der Waals surface area contributed by atoms with Gasteiger partial charge < -0.3 is 5.73 Å². The number of nitrogens with zero attached hydrogens (tertiary/aromatic N) is 1. The van der Waals surface area contributed by atoms with Gasteiger partial charge in [-0.2, -0.15) is 0 Å². The molecule has 0 radical (unpaired) electrons. The highest BCUT2D eigenvalue weighted by Crippen LogP contribution is 2.28. The van der Waals surface area contributed by atoms with Crippen LogP contribution in [0.4, 0.5) is 0 Å². The van der Waals surface area contributed by atoms with E-state index in [1.54, 1.807) is 11.3 Å². The molecule has 0 saturated heterocycles. The van der Waals surface area contributed by atoms with Crippen molar-refractivity contribution < 1.29 is 0 Å². The van der Waals surface area contributed by atoms with Crippen molar-refractivity contribution in [3.63, 3.8) is 0 Å². The van der Waals surface area contributed by atoms with Crippen molar-refractivity contribution >= 4 is 21.6 Å². The van der Waals surface area contributed by atoms with Crippen molar-refractivity contribution in [1.82, 2.24) is 4.98 Å². The minimum Gasteiger partial charge on any atom is -0.325 e. The molecule has 0 saturated carbocycles. The number of hydrogen-bond acceptors (Lipinski definition) is 3. The van der Waals surface area contributed by atoms with E-state index in [-0.39, 0.29) is 5.54 Å². The van der Waals surface area contributed by atoms with E-state index in [1.165, 1.54) is 15.3 Å². The fourth-order valence-corrected chi connectivity index (χ4v) is 2.90. The lowest BCUT2D eigenvalue weighted by Crippen LogP contribution is -2.34. The zero-order valence-electron chi connectivity index (χ0n) is 10.9. The molecular weight excluding hydrogens is 228 g/mol. The van der Waals surface area contributed by atoms with Crippen molar-refractivity contribution in [2.24, 2.45) is 5.73 Å². The Hall–Kier alpha value is -0.930. The maximum Gasteiger partial charge on any atom is 0.0963 e. The lowest BCUT2D eigenvalue weighted by atomic mass is 9.96. The standard InChI is InChI=1S/C14H20N2S/c1-9(2)13-16-11-6-5-10(7-12(11)17-13)8-14(3,4)15/h5-7,9H,8,15H2,1-4H3. The summed E-state index contributed by atoms with van der Waals surface area (Å²) in [7, 11) is 0. The Balaban J connectivity index is 2.37. The summed E-state index contributed by atoms with van der Waals surface area (Å²) in [5.41, 5.74) is 8.30. The van der Waals surface area contributed by atoms with E-state index in [4.69, 9.17) is 5.73 Å². The molecule has 1 aromatic heterocycles. The highest BCUT2D eigenvalue weighted by Gasteiger charge is 2.13. The molecule has 2 nitrogen and oxygen atoms in total. The molecule has 0 aliphatic carbocycles. The molecule has 2 rings (SSSR count). The molecular formula is C14H20N2S. The second-order valence-corrected chi connectivity index (χ2v) is 6.74. The van der Waals surface area contributed by atoms with E-state index < -0.39 is 0 Å². The summed E-state index contributed by atoms with van der Waals surface area (Å²) >= 11 is 1.79. The predicted molar refractivity (Wildman–Crippen MR) is 75.7 cm³/mol. The monoisotopic (exact) mass is 248 g/mol. The number of nitrogens with two attached hydrogens (primary N) is 1. The SMILES string of the molecule is CC(C)c1nc2ccc(CC(C)(C)N)cc2s1. The second-order valence-electron chi connectivity index (χ2n) is 5.67. The van der Waals surface area contributed by atoms with Crippen LogP contribution in [0.15, 0.2) is 18.2 Å². The van der Waals surface area contributed by atoms with Crippen molar-refractivity contribution in [2.75, 3.05) is 0 Å². The van der Waals surface area contributed by atoms with Gasteiger partial charge in [0.1, 0.15) is 0 Å². The zero-order valence-corrected chi connectivity index (χ0v) is 11.8. The van der Waals surface area contributed by atoms with Crippen molar-refractivity contribution in [1.29, 1.82) is 0 Å². The van der Waals surface area contributed by atoms with Crippen LogP contribution in [0, 0.1) is 0 Å². The largest absolute Gasteiger partial charge is 0.325 e. The van der Waals surface area contributed by atoms with Crippen LogP contribution in [-0.4, -0.2) is 10.5 Å². The third-order valence-electron chi connectivity index (χ3n) is 2.62. The maximum absolute atomic E-state index is 6.05.